The topological polar surface area (TPSA) is 26.0 Å². The minimum Gasteiger partial charge on any atom is -0.327 e. The second-order valence-electron chi connectivity index (χ2n) is 6.26. The average Bonchev–Trinajstić information content (AvgIpc) is 1.98. The number of nitrogens with two attached hydrogens (primary N) is 1. The average molecular weight is 197 g/mol. The van der Waals surface area contributed by atoms with E-state index in [1.807, 2.05) is 0 Å². The molecular formula is C12H20FN. The van der Waals surface area contributed by atoms with E-state index in [2.05, 4.69) is 6.92 Å². The minimum absolute atomic E-state index is 0.166. The van der Waals surface area contributed by atoms with E-state index in [4.69, 9.17) is 5.73 Å². The molecule has 0 spiro atoms. The maximum atomic E-state index is 14.4. The third-order valence-electron chi connectivity index (χ3n) is 5.00. The van der Waals surface area contributed by atoms with Crippen LogP contribution in [0.5, 0.6) is 0 Å². The van der Waals surface area contributed by atoms with Crippen LogP contribution in [0.1, 0.15) is 45.4 Å². The van der Waals surface area contributed by atoms with Gasteiger partial charge in [0.25, 0.3) is 0 Å². The van der Waals surface area contributed by atoms with E-state index in [-0.39, 0.29) is 11.5 Å². The molecule has 2 N–H and O–H groups in total. The van der Waals surface area contributed by atoms with Crippen LogP contribution in [0, 0.1) is 17.3 Å². The molecule has 4 rings (SSSR count). The largest absolute Gasteiger partial charge is 0.327 e. The zero-order valence-corrected chi connectivity index (χ0v) is 8.93. The van der Waals surface area contributed by atoms with Crippen molar-refractivity contribution in [3.63, 3.8) is 0 Å². The van der Waals surface area contributed by atoms with E-state index in [9.17, 15) is 4.39 Å². The summed E-state index contributed by atoms with van der Waals surface area (Å²) in [6.07, 6.45) is 6.10. The van der Waals surface area contributed by atoms with Gasteiger partial charge in [0.1, 0.15) is 5.67 Å². The molecule has 4 aliphatic carbocycles. The Labute approximate surface area is 85.2 Å². The van der Waals surface area contributed by atoms with Crippen LogP contribution in [-0.4, -0.2) is 11.7 Å². The fourth-order valence-electron chi connectivity index (χ4n) is 4.75. The van der Waals surface area contributed by atoms with Crippen molar-refractivity contribution in [2.75, 3.05) is 0 Å². The van der Waals surface area contributed by atoms with Gasteiger partial charge in [0.15, 0.2) is 0 Å². The molecule has 0 aromatic rings. The summed E-state index contributed by atoms with van der Waals surface area (Å²) in [4.78, 5) is 0. The van der Waals surface area contributed by atoms with E-state index in [0.717, 1.165) is 19.3 Å². The molecule has 3 atom stereocenters. The van der Waals surface area contributed by atoms with E-state index in [0.29, 0.717) is 11.8 Å². The Morgan fingerprint density at radius 3 is 2.21 bits per heavy atom. The van der Waals surface area contributed by atoms with Crippen molar-refractivity contribution in [3.8, 4) is 0 Å². The fraction of sp³-hybridized carbons (Fsp3) is 1.00. The lowest BCUT2D eigenvalue weighted by Crippen LogP contribution is -2.58. The van der Waals surface area contributed by atoms with Gasteiger partial charge in [0.2, 0.25) is 0 Å². The molecule has 0 saturated heterocycles. The molecule has 1 nitrogen and oxygen atoms in total. The first-order valence-electron chi connectivity index (χ1n) is 5.96. The van der Waals surface area contributed by atoms with Crippen LogP contribution >= 0.6 is 0 Å². The molecule has 4 aliphatic rings. The van der Waals surface area contributed by atoms with Crippen LogP contribution in [0.3, 0.4) is 0 Å². The number of alkyl halides is 1. The molecule has 0 radical (unpaired) electrons. The molecule has 2 heteroatoms. The smallest absolute Gasteiger partial charge is 0.112 e. The van der Waals surface area contributed by atoms with E-state index >= 15 is 0 Å². The summed E-state index contributed by atoms with van der Waals surface area (Å²) in [5, 5.41) is 0. The highest BCUT2D eigenvalue weighted by Gasteiger charge is 2.59. The first kappa shape index (κ1) is 9.14. The van der Waals surface area contributed by atoms with Gasteiger partial charge in [-0.2, -0.15) is 0 Å². The van der Waals surface area contributed by atoms with Gasteiger partial charge in [-0.15, -0.1) is 0 Å². The molecule has 0 amide bonds. The van der Waals surface area contributed by atoms with Gasteiger partial charge in [0, 0.05) is 6.04 Å². The predicted octanol–water partition coefficient (Wildman–Crippen LogP) is 2.64. The van der Waals surface area contributed by atoms with Gasteiger partial charge in [-0.25, -0.2) is 4.39 Å². The molecule has 4 fully saturated rings. The lowest BCUT2D eigenvalue weighted by Gasteiger charge is -2.60. The van der Waals surface area contributed by atoms with E-state index in [1.165, 1.54) is 19.3 Å². The van der Waals surface area contributed by atoms with Crippen molar-refractivity contribution >= 4 is 0 Å². The lowest BCUT2D eigenvalue weighted by atomic mass is 9.47. The van der Waals surface area contributed by atoms with Crippen molar-refractivity contribution in [3.05, 3.63) is 0 Å². The Morgan fingerprint density at radius 2 is 1.79 bits per heavy atom. The van der Waals surface area contributed by atoms with Crippen LogP contribution < -0.4 is 5.73 Å². The Kier molecular flexibility index (Phi) is 1.65. The quantitative estimate of drug-likeness (QED) is 0.687. The third-order valence-corrected chi connectivity index (χ3v) is 5.00. The molecule has 0 aromatic heterocycles. The summed E-state index contributed by atoms with van der Waals surface area (Å²) in [5.74, 6) is 1.29. The standard InChI is InChI=1S/C12H20FN/c1-8(14)11-3-9-2-10(4-11)6-12(13,5-9)7-11/h8-10H,2-7,14H2,1H3/t8-,9?,10?,11?,12?/m1/s1. The second-order valence-corrected chi connectivity index (χ2v) is 6.26. The first-order chi connectivity index (χ1) is 6.51. The highest BCUT2D eigenvalue weighted by Crippen LogP contribution is 2.63. The Hall–Kier alpha value is -0.110. The summed E-state index contributed by atoms with van der Waals surface area (Å²) in [5.41, 5.74) is 5.41. The maximum absolute atomic E-state index is 14.4. The van der Waals surface area contributed by atoms with Crippen molar-refractivity contribution in [2.24, 2.45) is 23.0 Å². The van der Waals surface area contributed by atoms with E-state index < -0.39 is 5.67 Å². The number of halogens is 1. The number of rotatable bonds is 1. The molecule has 4 saturated carbocycles. The highest BCUT2D eigenvalue weighted by atomic mass is 19.1. The summed E-state index contributed by atoms with van der Waals surface area (Å²) in [6, 6.07) is 0.184. The number of hydrogen-bond acceptors (Lipinski definition) is 1. The zero-order chi connectivity index (χ0) is 9.97. The van der Waals surface area contributed by atoms with E-state index in [1.54, 1.807) is 0 Å². The molecule has 4 bridgehead atoms. The van der Waals surface area contributed by atoms with Crippen LogP contribution in [-0.2, 0) is 0 Å². The minimum atomic E-state index is -0.836. The van der Waals surface area contributed by atoms with Gasteiger partial charge >= 0.3 is 0 Å². The molecule has 80 valence electrons. The maximum Gasteiger partial charge on any atom is 0.112 e. The Bertz CT molecular complexity index is 247. The van der Waals surface area contributed by atoms with Gasteiger partial charge < -0.3 is 5.73 Å². The van der Waals surface area contributed by atoms with Gasteiger partial charge in [0.05, 0.1) is 0 Å². The monoisotopic (exact) mass is 197 g/mol. The van der Waals surface area contributed by atoms with Crippen LogP contribution in [0.2, 0.25) is 0 Å². The number of hydrogen-bond donors (Lipinski definition) is 1. The summed E-state index contributed by atoms with van der Waals surface area (Å²) in [6.45, 7) is 2.08. The summed E-state index contributed by atoms with van der Waals surface area (Å²) in [7, 11) is 0. The van der Waals surface area contributed by atoms with Crippen LogP contribution in [0.15, 0.2) is 0 Å². The van der Waals surface area contributed by atoms with Gasteiger partial charge in [-0.3, -0.25) is 0 Å². The van der Waals surface area contributed by atoms with Crippen molar-refractivity contribution in [2.45, 2.75) is 57.2 Å². The SMILES string of the molecule is C[C@@H](N)C12CC3CC(CC(F)(C3)C1)C2. The molecule has 14 heavy (non-hydrogen) atoms. The second kappa shape index (κ2) is 2.52. The predicted molar refractivity (Wildman–Crippen MR) is 54.6 cm³/mol. The highest BCUT2D eigenvalue weighted by molar-refractivity contribution is 5.10. The van der Waals surface area contributed by atoms with Crippen molar-refractivity contribution < 1.29 is 4.39 Å². The zero-order valence-electron chi connectivity index (χ0n) is 8.93. The molecule has 2 unspecified atom stereocenters. The first-order valence-corrected chi connectivity index (χ1v) is 5.96. The van der Waals surface area contributed by atoms with Crippen LogP contribution in [0.4, 0.5) is 4.39 Å². The fourth-order valence-corrected chi connectivity index (χ4v) is 4.75. The molecular weight excluding hydrogens is 177 g/mol. The summed E-state index contributed by atoms with van der Waals surface area (Å²) < 4.78 is 14.4. The Balaban J connectivity index is 1.96. The van der Waals surface area contributed by atoms with Crippen LogP contribution in [0.25, 0.3) is 0 Å². The van der Waals surface area contributed by atoms with Gasteiger partial charge in [-0.05, 0) is 62.7 Å². The van der Waals surface area contributed by atoms with Crippen molar-refractivity contribution in [1.82, 2.24) is 0 Å². The normalized spacial score (nSPS) is 57.6. The molecule has 0 aliphatic heterocycles. The van der Waals surface area contributed by atoms with Crippen molar-refractivity contribution in [1.29, 1.82) is 0 Å². The van der Waals surface area contributed by atoms with Gasteiger partial charge in [-0.1, -0.05) is 0 Å². The molecule has 0 aromatic carbocycles. The third kappa shape index (κ3) is 1.09. The summed E-state index contributed by atoms with van der Waals surface area (Å²) >= 11 is 0. The lowest BCUT2D eigenvalue weighted by molar-refractivity contribution is -0.130. The Morgan fingerprint density at radius 1 is 1.21 bits per heavy atom. The molecule has 0 heterocycles.